The highest BCUT2D eigenvalue weighted by atomic mass is 32.1. The van der Waals surface area contributed by atoms with Gasteiger partial charge in [0.05, 0.1) is 15.5 Å². The molecule has 0 unspecified atom stereocenters. The molecule has 0 bridgehead atoms. The van der Waals surface area contributed by atoms with Crippen molar-refractivity contribution in [3.8, 4) is 0 Å². The van der Waals surface area contributed by atoms with Crippen molar-refractivity contribution >= 4 is 49.5 Å². The molecule has 1 N–H and O–H groups in total. The predicted molar refractivity (Wildman–Crippen MR) is 83.3 cm³/mol. The van der Waals surface area contributed by atoms with Crippen LogP contribution in [0.25, 0.3) is 10.1 Å². The molecule has 8 heteroatoms. The number of hydrogen-bond donors (Lipinski definition) is 1. The van der Waals surface area contributed by atoms with Crippen LogP contribution < -0.4 is 5.32 Å². The summed E-state index contributed by atoms with van der Waals surface area (Å²) in [5, 5.41) is 16.6. The fraction of sp³-hybridized carbons (Fsp3) is 0.0769. The van der Waals surface area contributed by atoms with Gasteiger partial charge < -0.3 is 0 Å². The van der Waals surface area contributed by atoms with Crippen LogP contribution in [0, 0.1) is 17.0 Å². The van der Waals surface area contributed by atoms with Gasteiger partial charge in [0.15, 0.2) is 5.13 Å². The Balaban J connectivity index is 1.89. The molecule has 0 fully saturated rings. The Morgan fingerprint density at radius 3 is 2.86 bits per heavy atom. The molecule has 6 nitrogen and oxygen atoms in total. The van der Waals surface area contributed by atoms with Gasteiger partial charge >= 0.3 is 0 Å². The first-order valence-electron chi connectivity index (χ1n) is 5.94. The molecule has 1 amide bonds. The molecule has 3 rings (SSSR count). The van der Waals surface area contributed by atoms with Gasteiger partial charge in [-0.15, -0.1) is 22.7 Å². The summed E-state index contributed by atoms with van der Waals surface area (Å²) in [7, 11) is 0. The number of rotatable bonds is 3. The van der Waals surface area contributed by atoms with E-state index >= 15 is 0 Å². The Morgan fingerprint density at radius 1 is 1.38 bits per heavy atom. The van der Waals surface area contributed by atoms with Gasteiger partial charge in [0.25, 0.3) is 11.6 Å². The Kier molecular flexibility index (Phi) is 3.40. The predicted octanol–water partition coefficient (Wildman–Crippen LogP) is 3.83. The fourth-order valence-electron chi connectivity index (χ4n) is 1.83. The van der Waals surface area contributed by atoms with Gasteiger partial charge in [0.1, 0.15) is 0 Å². The van der Waals surface area contributed by atoms with E-state index in [0.29, 0.717) is 15.4 Å². The minimum Gasteiger partial charge on any atom is -0.297 e. The molecule has 1 aromatic carbocycles. The molecule has 21 heavy (non-hydrogen) atoms. The molecule has 0 saturated carbocycles. The summed E-state index contributed by atoms with van der Waals surface area (Å²) in [5.41, 5.74) is 0.866. The number of carbonyl (C=O) groups excluding carboxylic acids is 1. The van der Waals surface area contributed by atoms with E-state index in [4.69, 9.17) is 0 Å². The first-order valence-corrected chi connectivity index (χ1v) is 7.64. The van der Waals surface area contributed by atoms with Crippen LogP contribution in [0.15, 0.2) is 29.6 Å². The van der Waals surface area contributed by atoms with E-state index < -0.39 is 4.92 Å². The van der Waals surface area contributed by atoms with Gasteiger partial charge in [0.2, 0.25) is 0 Å². The van der Waals surface area contributed by atoms with Crippen LogP contribution in [0.4, 0.5) is 10.8 Å². The molecular weight excluding hydrogens is 310 g/mol. The van der Waals surface area contributed by atoms with Crippen molar-refractivity contribution in [1.29, 1.82) is 0 Å². The summed E-state index contributed by atoms with van der Waals surface area (Å²) in [4.78, 5) is 27.1. The zero-order valence-corrected chi connectivity index (χ0v) is 12.5. The number of nitro benzene ring substituents is 1. The number of fused-ring (bicyclic) bond motifs is 1. The number of aryl methyl sites for hydroxylation is 1. The monoisotopic (exact) mass is 319 g/mol. The van der Waals surface area contributed by atoms with Crippen molar-refractivity contribution in [1.82, 2.24) is 4.98 Å². The van der Waals surface area contributed by atoms with Crippen LogP contribution in [0.5, 0.6) is 0 Å². The average Bonchev–Trinajstić information content (AvgIpc) is 3.03. The number of carbonyl (C=O) groups is 1. The summed E-state index contributed by atoms with van der Waals surface area (Å²) >= 11 is 2.65. The number of nitrogens with zero attached hydrogens (tertiary/aromatic N) is 2. The number of thiophene rings is 1. The summed E-state index contributed by atoms with van der Waals surface area (Å²) in [6.45, 7) is 1.85. The van der Waals surface area contributed by atoms with E-state index in [-0.39, 0.29) is 11.6 Å². The largest absolute Gasteiger partial charge is 0.297 e. The molecule has 0 spiro atoms. The number of thiazole rings is 1. The van der Waals surface area contributed by atoms with E-state index in [1.807, 2.05) is 12.3 Å². The molecule has 0 aliphatic carbocycles. The first-order chi connectivity index (χ1) is 10.0. The molecule has 106 valence electrons. The summed E-state index contributed by atoms with van der Waals surface area (Å²) in [6.07, 6.45) is 0. The third kappa shape index (κ3) is 2.76. The lowest BCUT2D eigenvalue weighted by molar-refractivity contribution is -0.384. The smallest absolute Gasteiger partial charge is 0.270 e. The maximum absolute atomic E-state index is 12.1. The quantitative estimate of drug-likeness (QED) is 0.587. The van der Waals surface area contributed by atoms with Gasteiger partial charge in [-0.2, -0.15) is 0 Å². The second-order valence-corrected chi connectivity index (χ2v) is 6.28. The van der Waals surface area contributed by atoms with Gasteiger partial charge in [-0.05, 0) is 19.1 Å². The highest BCUT2D eigenvalue weighted by Crippen LogP contribution is 2.29. The van der Waals surface area contributed by atoms with Crippen molar-refractivity contribution in [3.63, 3.8) is 0 Å². The average molecular weight is 319 g/mol. The maximum Gasteiger partial charge on any atom is 0.270 e. The summed E-state index contributed by atoms with van der Waals surface area (Å²) < 4.78 is 0.834. The second kappa shape index (κ2) is 5.23. The van der Waals surface area contributed by atoms with Crippen molar-refractivity contribution in [2.75, 3.05) is 5.32 Å². The molecule has 0 radical (unpaired) electrons. The summed E-state index contributed by atoms with van der Waals surface area (Å²) in [5.74, 6) is -0.256. The fourth-order valence-corrected chi connectivity index (χ4v) is 3.45. The van der Waals surface area contributed by atoms with Gasteiger partial charge in [0, 0.05) is 27.6 Å². The minimum atomic E-state index is -0.449. The Labute approximate surface area is 127 Å². The third-order valence-electron chi connectivity index (χ3n) is 2.77. The number of benzene rings is 1. The van der Waals surface area contributed by atoms with Crippen LogP contribution in [0.2, 0.25) is 0 Å². The van der Waals surface area contributed by atoms with E-state index in [0.717, 1.165) is 10.4 Å². The van der Waals surface area contributed by atoms with E-state index in [1.54, 1.807) is 12.1 Å². The number of nitro groups is 1. The van der Waals surface area contributed by atoms with Gasteiger partial charge in [-0.25, -0.2) is 4.98 Å². The highest BCUT2D eigenvalue weighted by Gasteiger charge is 2.14. The zero-order valence-electron chi connectivity index (χ0n) is 10.8. The molecule has 3 aromatic rings. The molecule has 0 aliphatic rings. The Hall–Kier alpha value is -2.32. The lowest BCUT2D eigenvalue weighted by atomic mass is 10.2. The van der Waals surface area contributed by atoms with Crippen molar-refractivity contribution in [3.05, 3.63) is 50.3 Å². The normalized spacial score (nSPS) is 10.7. The molecule has 0 aliphatic heterocycles. The highest BCUT2D eigenvalue weighted by molar-refractivity contribution is 7.21. The lowest BCUT2D eigenvalue weighted by Gasteiger charge is -1.97. The van der Waals surface area contributed by atoms with Crippen LogP contribution in [0.3, 0.4) is 0 Å². The molecular formula is C13H9N3O3S2. The van der Waals surface area contributed by atoms with Crippen molar-refractivity contribution in [2.45, 2.75) is 6.92 Å². The molecule has 2 aromatic heterocycles. The number of hydrogen-bond acceptors (Lipinski definition) is 6. The first kappa shape index (κ1) is 13.7. The Bertz CT molecular complexity index is 853. The van der Waals surface area contributed by atoms with Gasteiger partial charge in [-0.1, -0.05) is 0 Å². The minimum absolute atomic E-state index is 0.0165. The maximum atomic E-state index is 12.1. The SMILES string of the molecule is Cc1csc(NC(=O)c2cc3cc([N+](=O)[O-])ccc3s2)n1. The van der Waals surface area contributed by atoms with Gasteiger partial charge in [-0.3, -0.25) is 20.2 Å². The van der Waals surface area contributed by atoms with Crippen molar-refractivity contribution in [2.24, 2.45) is 0 Å². The van der Waals surface area contributed by atoms with Crippen LogP contribution in [0.1, 0.15) is 15.4 Å². The number of anilines is 1. The Morgan fingerprint density at radius 2 is 2.19 bits per heavy atom. The number of nitrogens with one attached hydrogen (secondary N) is 1. The van der Waals surface area contributed by atoms with Crippen LogP contribution in [-0.4, -0.2) is 15.8 Å². The van der Waals surface area contributed by atoms with Crippen molar-refractivity contribution < 1.29 is 9.72 Å². The number of amides is 1. The summed E-state index contributed by atoms with van der Waals surface area (Å²) in [6, 6.07) is 6.21. The standard InChI is InChI=1S/C13H9N3O3S2/c1-7-6-20-13(14-7)15-12(17)11-5-8-4-9(16(18)19)2-3-10(8)21-11/h2-6H,1H3,(H,14,15,17). The topological polar surface area (TPSA) is 85.1 Å². The molecule has 0 saturated heterocycles. The van der Waals surface area contributed by atoms with Crippen LogP contribution >= 0.6 is 22.7 Å². The van der Waals surface area contributed by atoms with E-state index in [1.165, 1.54) is 34.8 Å². The lowest BCUT2D eigenvalue weighted by Crippen LogP contribution is -2.09. The van der Waals surface area contributed by atoms with E-state index in [9.17, 15) is 14.9 Å². The molecule has 0 atom stereocenters. The van der Waals surface area contributed by atoms with E-state index in [2.05, 4.69) is 10.3 Å². The number of aromatic nitrogens is 1. The zero-order chi connectivity index (χ0) is 15.0. The second-order valence-electron chi connectivity index (χ2n) is 4.34. The third-order valence-corrected chi connectivity index (χ3v) is 4.76. The molecule has 2 heterocycles. The number of non-ortho nitro benzene ring substituents is 1. The van der Waals surface area contributed by atoms with Crippen LogP contribution in [-0.2, 0) is 0 Å².